The Morgan fingerprint density at radius 3 is 2.57 bits per heavy atom. The molecule has 1 aromatic carbocycles. The lowest BCUT2D eigenvalue weighted by Crippen LogP contribution is -2.52. The lowest BCUT2D eigenvalue weighted by Gasteiger charge is -2.37. The summed E-state index contributed by atoms with van der Waals surface area (Å²) in [5, 5.41) is 6.91. The summed E-state index contributed by atoms with van der Waals surface area (Å²) in [5.41, 5.74) is 1.26. The van der Waals surface area contributed by atoms with Gasteiger partial charge < -0.3 is 19.9 Å². The number of guanidine groups is 1. The summed E-state index contributed by atoms with van der Waals surface area (Å²) < 4.78 is 7.67. The summed E-state index contributed by atoms with van der Waals surface area (Å²) in [7, 11) is 1.81. The van der Waals surface area contributed by atoms with Gasteiger partial charge in [0.15, 0.2) is 5.96 Å². The number of imidazole rings is 1. The number of benzene rings is 1. The first-order valence-corrected chi connectivity index (χ1v) is 10.5. The molecule has 8 heteroatoms. The lowest BCUT2D eigenvalue weighted by atomic mass is 10.0. The molecule has 0 aliphatic carbocycles. The Bertz CT molecular complexity index is 758. The highest BCUT2D eigenvalue weighted by atomic mass is 127. The average molecular weight is 526 g/mol. The molecule has 1 saturated heterocycles. The summed E-state index contributed by atoms with van der Waals surface area (Å²) in [6, 6.07) is 10.9. The van der Waals surface area contributed by atoms with Crippen molar-refractivity contribution in [3.05, 3.63) is 54.1 Å². The molecule has 1 fully saturated rings. The normalized spacial score (nSPS) is 16.2. The molecule has 0 radical (unpaired) electrons. The third-order valence-corrected chi connectivity index (χ3v) is 5.40. The standard InChI is InChI=1S/C22H34N6O.HI/c1-18(2)20(27-11-13-29-14-12-27)15-25-22(23-3)26-16-21-24-9-10-28(21)17-19-7-5-4-6-8-19;/h4-10,18,20H,11-17H2,1-3H3,(H2,23,25,26);1H. The Balaban J connectivity index is 0.00000320. The zero-order valence-electron chi connectivity index (χ0n) is 18.3. The van der Waals surface area contributed by atoms with Crippen LogP contribution in [0.15, 0.2) is 47.7 Å². The van der Waals surface area contributed by atoms with E-state index in [1.165, 1.54) is 5.56 Å². The first kappa shape index (κ1) is 24.6. The van der Waals surface area contributed by atoms with E-state index in [0.717, 1.165) is 51.2 Å². The number of nitrogens with zero attached hydrogens (tertiary/aromatic N) is 4. The monoisotopic (exact) mass is 526 g/mol. The lowest BCUT2D eigenvalue weighted by molar-refractivity contribution is 0.00752. The first-order chi connectivity index (χ1) is 14.2. The molecule has 0 amide bonds. The van der Waals surface area contributed by atoms with Gasteiger partial charge in [-0.1, -0.05) is 44.2 Å². The van der Waals surface area contributed by atoms with Crippen LogP contribution >= 0.6 is 24.0 Å². The van der Waals surface area contributed by atoms with E-state index >= 15 is 0 Å². The topological polar surface area (TPSA) is 66.7 Å². The molecule has 30 heavy (non-hydrogen) atoms. The minimum Gasteiger partial charge on any atom is -0.379 e. The minimum atomic E-state index is 0. The van der Waals surface area contributed by atoms with Crippen molar-refractivity contribution < 1.29 is 4.74 Å². The number of nitrogens with one attached hydrogen (secondary N) is 2. The highest BCUT2D eigenvalue weighted by molar-refractivity contribution is 14.0. The predicted molar refractivity (Wildman–Crippen MR) is 132 cm³/mol. The Morgan fingerprint density at radius 1 is 1.17 bits per heavy atom. The Kier molecular flexibility index (Phi) is 10.6. The van der Waals surface area contributed by atoms with Gasteiger partial charge >= 0.3 is 0 Å². The van der Waals surface area contributed by atoms with E-state index in [4.69, 9.17) is 4.74 Å². The average Bonchev–Trinajstić information content (AvgIpc) is 3.18. The van der Waals surface area contributed by atoms with Crippen molar-refractivity contribution in [3.8, 4) is 0 Å². The molecule has 1 aliphatic heterocycles. The van der Waals surface area contributed by atoms with Crippen molar-refractivity contribution in [2.45, 2.75) is 33.0 Å². The van der Waals surface area contributed by atoms with Crippen molar-refractivity contribution in [2.75, 3.05) is 39.9 Å². The third-order valence-electron chi connectivity index (χ3n) is 5.40. The molecule has 1 atom stereocenters. The molecule has 2 aromatic rings. The second-order valence-corrected chi connectivity index (χ2v) is 7.72. The fourth-order valence-electron chi connectivity index (χ4n) is 3.71. The molecular formula is C22H35IN6O. The highest BCUT2D eigenvalue weighted by Gasteiger charge is 2.23. The molecule has 2 heterocycles. The summed E-state index contributed by atoms with van der Waals surface area (Å²) in [6.45, 7) is 10.5. The van der Waals surface area contributed by atoms with Gasteiger partial charge in [-0.2, -0.15) is 0 Å². The maximum absolute atomic E-state index is 5.50. The molecule has 1 unspecified atom stereocenters. The van der Waals surface area contributed by atoms with Crippen molar-refractivity contribution in [1.82, 2.24) is 25.1 Å². The Morgan fingerprint density at radius 2 is 1.90 bits per heavy atom. The number of halogens is 1. The maximum Gasteiger partial charge on any atom is 0.191 e. The Hall–Kier alpha value is -1.65. The summed E-state index contributed by atoms with van der Waals surface area (Å²) in [5.74, 6) is 2.35. The van der Waals surface area contributed by atoms with E-state index < -0.39 is 0 Å². The van der Waals surface area contributed by atoms with Crippen LogP contribution in [-0.2, 0) is 17.8 Å². The SMILES string of the molecule is CN=C(NCc1nccn1Cc1ccccc1)NCC(C(C)C)N1CCOCC1.I. The predicted octanol–water partition coefficient (Wildman–Crippen LogP) is 2.57. The van der Waals surface area contributed by atoms with Crippen LogP contribution in [0.3, 0.4) is 0 Å². The van der Waals surface area contributed by atoms with Crippen LogP contribution in [0.1, 0.15) is 25.2 Å². The quantitative estimate of drug-likeness (QED) is 0.315. The molecule has 2 N–H and O–H groups in total. The number of hydrogen-bond donors (Lipinski definition) is 2. The molecule has 3 rings (SSSR count). The van der Waals surface area contributed by atoms with E-state index in [9.17, 15) is 0 Å². The van der Waals surface area contributed by atoms with Gasteiger partial charge in [0.05, 0.1) is 19.8 Å². The number of morpholine rings is 1. The van der Waals surface area contributed by atoms with Gasteiger partial charge in [-0.25, -0.2) is 4.98 Å². The van der Waals surface area contributed by atoms with Gasteiger partial charge in [-0.05, 0) is 11.5 Å². The zero-order chi connectivity index (χ0) is 20.5. The van der Waals surface area contributed by atoms with E-state index in [-0.39, 0.29) is 24.0 Å². The van der Waals surface area contributed by atoms with Gasteiger partial charge in [0.2, 0.25) is 0 Å². The highest BCUT2D eigenvalue weighted by Crippen LogP contribution is 2.12. The molecule has 166 valence electrons. The van der Waals surface area contributed by atoms with Crippen LogP contribution in [0.25, 0.3) is 0 Å². The second kappa shape index (κ2) is 12.9. The number of ether oxygens (including phenoxy) is 1. The molecular weight excluding hydrogens is 491 g/mol. The van der Waals surface area contributed by atoms with E-state index in [1.807, 2.05) is 25.5 Å². The molecule has 0 bridgehead atoms. The van der Waals surface area contributed by atoms with Gasteiger partial charge in [0, 0.05) is 51.7 Å². The molecule has 0 saturated carbocycles. The molecule has 1 aliphatic rings. The van der Waals surface area contributed by atoms with E-state index in [1.54, 1.807) is 0 Å². The van der Waals surface area contributed by atoms with Gasteiger partial charge in [0.1, 0.15) is 5.82 Å². The zero-order valence-corrected chi connectivity index (χ0v) is 20.6. The van der Waals surface area contributed by atoms with Gasteiger partial charge in [-0.15, -0.1) is 24.0 Å². The first-order valence-electron chi connectivity index (χ1n) is 10.5. The number of aromatic nitrogens is 2. The van der Waals surface area contributed by atoms with Crippen LogP contribution < -0.4 is 10.6 Å². The summed E-state index contributed by atoms with van der Waals surface area (Å²) >= 11 is 0. The number of rotatable bonds is 8. The third kappa shape index (κ3) is 7.24. The summed E-state index contributed by atoms with van der Waals surface area (Å²) in [6.07, 6.45) is 3.87. The fraction of sp³-hybridized carbons (Fsp3) is 0.545. The van der Waals surface area contributed by atoms with E-state index in [0.29, 0.717) is 18.5 Å². The van der Waals surface area contributed by atoms with Crippen molar-refractivity contribution in [1.29, 1.82) is 0 Å². The maximum atomic E-state index is 5.50. The molecule has 0 spiro atoms. The van der Waals surface area contributed by atoms with Crippen molar-refractivity contribution >= 4 is 29.9 Å². The van der Waals surface area contributed by atoms with Crippen LogP contribution in [0.2, 0.25) is 0 Å². The Labute approximate surface area is 197 Å². The largest absolute Gasteiger partial charge is 0.379 e. The van der Waals surface area contributed by atoms with E-state index in [2.05, 4.69) is 68.2 Å². The fourth-order valence-corrected chi connectivity index (χ4v) is 3.71. The molecule has 7 nitrogen and oxygen atoms in total. The smallest absolute Gasteiger partial charge is 0.191 e. The van der Waals surface area contributed by atoms with Crippen molar-refractivity contribution in [2.24, 2.45) is 10.9 Å². The molecule has 1 aromatic heterocycles. The van der Waals surface area contributed by atoms with Crippen LogP contribution in [0.4, 0.5) is 0 Å². The van der Waals surface area contributed by atoms with Crippen LogP contribution in [-0.4, -0.2) is 66.3 Å². The van der Waals surface area contributed by atoms with Gasteiger partial charge in [0.25, 0.3) is 0 Å². The second-order valence-electron chi connectivity index (χ2n) is 7.72. The minimum absolute atomic E-state index is 0. The van der Waals surface area contributed by atoms with Gasteiger partial charge in [-0.3, -0.25) is 9.89 Å². The van der Waals surface area contributed by atoms with Crippen molar-refractivity contribution in [3.63, 3.8) is 0 Å². The number of hydrogen-bond acceptors (Lipinski definition) is 4. The van der Waals surface area contributed by atoms with Crippen LogP contribution in [0, 0.1) is 5.92 Å². The number of aliphatic imine (C=N–C) groups is 1. The summed E-state index contributed by atoms with van der Waals surface area (Å²) in [4.78, 5) is 11.4. The van der Waals surface area contributed by atoms with Crippen LogP contribution in [0.5, 0.6) is 0 Å².